The monoisotopic (exact) mass is 377 g/mol. The molecule has 1 aliphatic heterocycles. The van der Waals surface area contributed by atoms with Gasteiger partial charge in [-0.2, -0.15) is 5.01 Å². The predicted molar refractivity (Wildman–Crippen MR) is 103 cm³/mol. The highest BCUT2D eigenvalue weighted by Gasteiger charge is 2.30. The SMILES string of the molecule is CC(C)(C)OC(=O)N(c1ccc(OC(=O)C(C)(C)C)cn1)N1CCCCC1. The maximum atomic E-state index is 12.8. The molecule has 1 amide bonds. The number of esters is 1. The molecule has 27 heavy (non-hydrogen) atoms. The Morgan fingerprint density at radius 3 is 2.15 bits per heavy atom. The van der Waals surface area contributed by atoms with E-state index in [1.807, 2.05) is 25.8 Å². The van der Waals surface area contributed by atoms with Gasteiger partial charge in [-0.3, -0.25) is 4.79 Å². The number of aromatic nitrogens is 1. The normalized spacial score (nSPS) is 15.9. The molecule has 7 nitrogen and oxygen atoms in total. The molecule has 0 bridgehead atoms. The summed E-state index contributed by atoms with van der Waals surface area (Å²) in [5.74, 6) is 0.459. The standard InChI is InChI=1S/C20H31N3O4/c1-19(2,3)17(24)26-15-10-11-16(21-14-15)23(18(25)27-20(4,5)6)22-12-8-7-9-13-22/h10-11,14H,7-9,12-13H2,1-6H3. The topological polar surface area (TPSA) is 72.0 Å². The third kappa shape index (κ3) is 6.20. The number of hydrazine groups is 1. The van der Waals surface area contributed by atoms with Crippen LogP contribution in [0.1, 0.15) is 60.8 Å². The van der Waals surface area contributed by atoms with Crippen molar-refractivity contribution in [2.45, 2.75) is 66.4 Å². The summed E-state index contributed by atoms with van der Waals surface area (Å²) in [4.78, 5) is 29.2. The van der Waals surface area contributed by atoms with Crippen LogP contribution in [0.15, 0.2) is 18.3 Å². The van der Waals surface area contributed by atoms with Crippen molar-refractivity contribution in [3.8, 4) is 5.75 Å². The molecule has 0 saturated carbocycles. The highest BCUT2D eigenvalue weighted by Crippen LogP contribution is 2.24. The van der Waals surface area contributed by atoms with Crippen LogP contribution in [-0.4, -0.2) is 40.7 Å². The van der Waals surface area contributed by atoms with E-state index in [0.29, 0.717) is 11.6 Å². The molecule has 0 unspecified atom stereocenters. The van der Waals surface area contributed by atoms with Gasteiger partial charge >= 0.3 is 12.1 Å². The van der Waals surface area contributed by atoms with Crippen LogP contribution in [0.4, 0.5) is 10.6 Å². The Kier molecular flexibility index (Phi) is 6.46. The Morgan fingerprint density at radius 1 is 1.04 bits per heavy atom. The van der Waals surface area contributed by atoms with Crippen molar-refractivity contribution >= 4 is 17.9 Å². The Labute approximate surface area is 161 Å². The average Bonchev–Trinajstić information content (AvgIpc) is 2.55. The summed E-state index contributed by atoms with van der Waals surface area (Å²) in [5.41, 5.74) is -1.21. The summed E-state index contributed by atoms with van der Waals surface area (Å²) >= 11 is 0. The molecular weight excluding hydrogens is 346 g/mol. The molecule has 0 spiro atoms. The first-order chi connectivity index (χ1) is 12.5. The van der Waals surface area contributed by atoms with Crippen LogP contribution in [0.5, 0.6) is 5.75 Å². The number of hydrogen-bond acceptors (Lipinski definition) is 6. The van der Waals surface area contributed by atoms with Gasteiger partial charge < -0.3 is 9.47 Å². The Morgan fingerprint density at radius 2 is 1.67 bits per heavy atom. The van der Waals surface area contributed by atoms with Crippen LogP contribution in [0.2, 0.25) is 0 Å². The summed E-state index contributed by atoms with van der Waals surface area (Å²) < 4.78 is 10.9. The third-order valence-electron chi connectivity index (χ3n) is 3.94. The predicted octanol–water partition coefficient (Wildman–Crippen LogP) is 4.18. The molecule has 2 heterocycles. The van der Waals surface area contributed by atoms with Crippen molar-refractivity contribution in [1.82, 2.24) is 9.99 Å². The van der Waals surface area contributed by atoms with Gasteiger partial charge in [-0.15, -0.1) is 0 Å². The molecule has 1 saturated heterocycles. The van der Waals surface area contributed by atoms with Crippen LogP contribution in [0, 0.1) is 5.41 Å². The number of carbonyl (C=O) groups is 2. The molecule has 7 heteroatoms. The van der Waals surface area contributed by atoms with Gasteiger partial charge in [-0.25, -0.2) is 14.8 Å². The zero-order chi connectivity index (χ0) is 20.2. The largest absolute Gasteiger partial charge is 0.442 e. The first-order valence-corrected chi connectivity index (χ1v) is 9.44. The number of rotatable bonds is 3. The highest BCUT2D eigenvalue weighted by atomic mass is 16.6. The van der Waals surface area contributed by atoms with E-state index in [-0.39, 0.29) is 5.97 Å². The van der Waals surface area contributed by atoms with Crippen molar-refractivity contribution in [2.75, 3.05) is 18.1 Å². The quantitative estimate of drug-likeness (QED) is 0.736. The number of anilines is 1. The van der Waals surface area contributed by atoms with Gasteiger partial charge in [0.1, 0.15) is 11.4 Å². The minimum Gasteiger partial charge on any atom is -0.442 e. The zero-order valence-corrected chi connectivity index (χ0v) is 17.2. The minimum absolute atomic E-state index is 0.336. The van der Waals surface area contributed by atoms with E-state index in [4.69, 9.17) is 9.47 Å². The number of nitrogens with zero attached hydrogens (tertiary/aromatic N) is 3. The van der Waals surface area contributed by atoms with Gasteiger partial charge in [-0.05, 0) is 66.5 Å². The van der Waals surface area contributed by atoms with E-state index in [2.05, 4.69) is 4.98 Å². The molecule has 150 valence electrons. The zero-order valence-electron chi connectivity index (χ0n) is 17.2. The lowest BCUT2D eigenvalue weighted by molar-refractivity contribution is -0.143. The number of amides is 1. The minimum atomic E-state index is -0.604. The lowest BCUT2D eigenvalue weighted by atomic mass is 9.97. The van der Waals surface area contributed by atoms with Crippen molar-refractivity contribution in [3.63, 3.8) is 0 Å². The van der Waals surface area contributed by atoms with Crippen LogP contribution in [0.3, 0.4) is 0 Å². The fourth-order valence-electron chi connectivity index (χ4n) is 2.55. The lowest BCUT2D eigenvalue weighted by Gasteiger charge is -2.37. The summed E-state index contributed by atoms with van der Waals surface area (Å²) in [7, 11) is 0. The maximum Gasteiger partial charge on any atom is 0.431 e. The fourth-order valence-corrected chi connectivity index (χ4v) is 2.55. The van der Waals surface area contributed by atoms with E-state index >= 15 is 0 Å². The Balaban J connectivity index is 2.21. The summed E-state index contributed by atoms with van der Waals surface area (Å²) in [6, 6.07) is 3.32. The van der Waals surface area contributed by atoms with E-state index in [1.165, 1.54) is 11.2 Å². The van der Waals surface area contributed by atoms with Gasteiger partial charge in [0, 0.05) is 13.1 Å². The fraction of sp³-hybridized carbons (Fsp3) is 0.650. The number of pyridine rings is 1. The second-order valence-corrected chi connectivity index (χ2v) is 8.80. The van der Waals surface area contributed by atoms with Crippen molar-refractivity contribution in [1.29, 1.82) is 0 Å². The second kappa shape index (κ2) is 8.25. The van der Waals surface area contributed by atoms with Gasteiger partial charge in [0.25, 0.3) is 0 Å². The first kappa shape index (κ1) is 21.2. The molecule has 0 radical (unpaired) electrons. The van der Waals surface area contributed by atoms with Gasteiger partial charge in [-0.1, -0.05) is 6.42 Å². The number of carbonyl (C=O) groups excluding carboxylic acids is 2. The van der Waals surface area contributed by atoms with Crippen molar-refractivity contribution in [3.05, 3.63) is 18.3 Å². The van der Waals surface area contributed by atoms with Crippen LogP contribution < -0.4 is 9.75 Å². The van der Waals surface area contributed by atoms with Crippen molar-refractivity contribution < 1.29 is 19.1 Å². The highest BCUT2D eigenvalue weighted by molar-refractivity contribution is 5.85. The molecule has 1 fully saturated rings. The second-order valence-electron chi connectivity index (χ2n) is 8.80. The van der Waals surface area contributed by atoms with Gasteiger partial charge in [0.15, 0.2) is 5.82 Å². The smallest absolute Gasteiger partial charge is 0.431 e. The van der Waals surface area contributed by atoms with E-state index in [9.17, 15) is 9.59 Å². The third-order valence-corrected chi connectivity index (χ3v) is 3.94. The van der Waals surface area contributed by atoms with E-state index in [1.54, 1.807) is 32.9 Å². The number of ether oxygens (including phenoxy) is 2. The first-order valence-electron chi connectivity index (χ1n) is 9.44. The van der Waals surface area contributed by atoms with Crippen LogP contribution >= 0.6 is 0 Å². The number of hydrogen-bond donors (Lipinski definition) is 0. The van der Waals surface area contributed by atoms with Crippen LogP contribution in [-0.2, 0) is 9.53 Å². The Bertz CT molecular complexity index is 653. The molecule has 0 aromatic carbocycles. The summed E-state index contributed by atoms with van der Waals surface area (Å²) in [6.07, 6.45) is 4.17. The van der Waals surface area contributed by atoms with Gasteiger partial charge in [0.2, 0.25) is 0 Å². The number of piperidine rings is 1. The van der Waals surface area contributed by atoms with Gasteiger partial charge in [0.05, 0.1) is 11.6 Å². The van der Waals surface area contributed by atoms with E-state index < -0.39 is 17.1 Å². The maximum absolute atomic E-state index is 12.8. The molecule has 1 aromatic rings. The van der Waals surface area contributed by atoms with Crippen LogP contribution in [0.25, 0.3) is 0 Å². The molecular formula is C20H31N3O4. The molecule has 1 aliphatic rings. The average molecular weight is 377 g/mol. The molecule has 2 rings (SSSR count). The molecule has 0 atom stereocenters. The lowest BCUT2D eigenvalue weighted by Crippen LogP contribution is -2.51. The molecule has 1 aromatic heterocycles. The molecule has 0 aliphatic carbocycles. The van der Waals surface area contributed by atoms with E-state index in [0.717, 1.165) is 32.4 Å². The summed E-state index contributed by atoms with van der Waals surface area (Å²) in [5, 5.41) is 3.44. The van der Waals surface area contributed by atoms with Crippen molar-refractivity contribution in [2.24, 2.45) is 5.41 Å². The summed E-state index contributed by atoms with van der Waals surface area (Å²) in [6.45, 7) is 12.4. The molecule has 0 N–H and O–H groups in total. The Hall–Kier alpha value is -2.15.